The Hall–Kier alpha value is -2.05. The lowest BCUT2D eigenvalue weighted by Crippen LogP contribution is -2.26. The number of nitro benzene ring substituents is 1. The number of carbonyl (C=O) groups is 1. The van der Waals surface area contributed by atoms with Crippen molar-refractivity contribution in [1.82, 2.24) is 4.90 Å². The van der Waals surface area contributed by atoms with E-state index in [1.165, 1.54) is 34.9 Å². The number of rotatable bonds is 5. The van der Waals surface area contributed by atoms with E-state index in [0.717, 1.165) is 4.90 Å². The summed E-state index contributed by atoms with van der Waals surface area (Å²) in [5.41, 5.74) is 1.09. The Morgan fingerprint density at radius 3 is 2.65 bits per heavy atom. The van der Waals surface area contributed by atoms with Crippen LogP contribution in [0.25, 0.3) is 0 Å². The molecule has 0 aromatic heterocycles. The molecule has 0 fully saturated rings. The third-order valence-corrected chi connectivity index (χ3v) is 4.50. The van der Waals surface area contributed by atoms with Gasteiger partial charge in [-0.05, 0) is 30.0 Å². The van der Waals surface area contributed by atoms with Crippen molar-refractivity contribution in [2.45, 2.75) is 11.4 Å². The van der Waals surface area contributed by atoms with Crippen LogP contribution in [0.2, 0.25) is 5.02 Å². The second kappa shape index (κ2) is 7.48. The van der Waals surface area contributed by atoms with Gasteiger partial charge in [0.2, 0.25) is 0 Å². The van der Waals surface area contributed by atoms with Crippen LogP contribution in [0.4, 0.5) is 5.69 Å². The molecule has 0 aliphatic heterocycles. The number of carbonyl (C=O) groups excluding carboxylic acids is 1. The van der Waals surface area contributed by atoms with Gasteiger partial charge in [-0.3, -0.25) is 14.9 Å². The van der Waals surface area contributed by atoms with Gasteiger partial charge in [0.05, 0.1) is 10.5 Å². The van der Waals surface area contributed by atoms with Gasteiger partial charge < -0.3 is 4.90 Å². The topological polar surface area (TPSA) is 63.5 Å². The van der Waals surface area contributed by atoms with Crippen LogP contribution in [-0.2, 0) is 6.54 Å². The fourth-order valence-corrected chi connectivity index (χ4v) is 2.92. The summed E-state index contributed by atoms with van der Waals surface area (Å²) in [5, 5.41) is 11.3. The summed E-state index contributed by atoms with van der Waals surface area (Å²) in [7, 11) is 1.65. The predicted molar refractivity (Wildman–Crippen MR) is 92.1 cm³/mol. The smallest absolute Gasteiger partial charge is 0.269 e. The molecule has 0 atom stereocenters. The average molecular weight is 351 g/mol. The average Bonchev–Trinajstić information content (AvgIpc) is 2.55. The molecule has 0 N–H and O–H groups in total. The molecule has 0 heterocycles. The molecule has 0 radical (unpaired) electrons. The van der Waals surface area contributed by atoms with E-state index < -0.39 is 4.92 Å². The monoisotopic (exact) mass is 350 g/mol. The third-order valence-electron chi connectivity index (χ3n) is 3.33. The molecule has 0 spiro atoms. The minimum absolute atomic E-state index is 0.0465. The highest BCUT2D eigenvalue weighted by Crippen LogP contribution is 2.25. The maximum absolute atomic E-state index is 12.6. The molecule has 120 valence electrons. The Labute approximate surface area is 143 Å². The Bertz CT molecular complexity index is 752. The van der Waals surface area contributed by atoms with Gasteiger partial charge in [0, 0.05) is 35.6 Å². The second-order valence-corrected chi connectivity index (χ2v) is 6.15. The molecule has 0 aliphatic carbocycles. The second-order valence-electron chi connectivity index (χ2n) is 4.89. The summed E-state index contributed by atoms with van der Waals surface area (Å²) in [4.78, 5) is 25.4. The molecular formula is C16H15ClN2O3S. The van der Waals surface area contributed by atoms with Gasteiger partial charge in [0.15, 0.2) is 0 Å². The van der Waals surface area contributed by atoms with Gasteiger partial charge in [-0.2, -0.15) is 0 Å². The van der Waals surface area contributed by atoms with Gasteiger partial charge >= 0.3 is 0 Å². The summed E-state index contributed by atoms with van der Waals surface area (Å²) in [6.45, 7) is 0.196. The number of nitrogens with zero attached hydrogens (tertiary/aromatic N) is 2. The summed E-state index contributed by atoms with van der Waals surface area (Å²) >= 11 is 7.58. The zero-order valence-corrected chi connectivity index (χ0v) is 14.2. The largest absolute Gasteiger partial charge is 0.337 e. The normalized spacial score (nSPS) is 10.4. The first-order chi connectivity index (χ1) is 10.9. The van der Waals surface area contributed by atoms with Crippen LogP contribution in [0.3, 0.4) is 0 Å². The number of nitro groups is 1. The van der Waals surface area contributed by atoms with Gasteiger partial charge in [-0.15, -0.1) is 11.8 Å². The van der Waals surface area contributed by atoms with Gasteiger partial charge in [-0.25, -0.2) is 0 Å². The van der Waals surface area contributed by atoms with Crippen LogP contribution in [0, 0.1) is 10.1 Å². The summed E-state index contributed by atoms with van der Waals surface area (Å²) in [5.74, 6) is -0.155. The standard InChI is InChI=1S/C16H15ClN2O3S/c1-18(16(20)13-5-3-4-6-15(13)23-2)10-11-9-12(19(21)22)7-8-14(11)17/h3-9H,10H2,1-2H3. The molecule has 1 amide bonds. The van der Waals surface area contributed by atoms with Crippen molar-refractivity contribution in [3.63, 3.8) is 0 Å². The van der Waals surface area contributed by atoms with E-state index in [-0.39, 0.29) is 18.1 Å². The summed E-state index contributed by atoms with van der Waals surface area (Å²) in [6.07, 6.45) is 1.91. The van der Waals surface area contributed by atoms with E-state index in [4.69, 9.17) is 11.6 Å². The first-order valence-corrected chi connectivity index (χ1v) is 8.35. The molecule has 0 saturated heterocycles. The molecule has 2 aromatic carbocycles. The van der Waals surface area contributed by atoms with Crippen LogP contribution in [0.5, 0.6) is 0 Å². The Morgan fingerprint density at radius 1 is 1.30 bits per heavy atom. The van der Waals surface area contributed by atoms with E-state index in [1.54, 1.807) is 19.2 Å². The van der Waals surface area contributed by atoms with E-state index in [9.17, 15) is 14.9 Å². The van der Waals surface area contributed by atoms with E-state index in [1.807, 2.05) is 18.4 Å². The van der Waals surface area contributed by atoms with Crippen LogP contribution < -0.4 is 0 Å². The van der Waals surface area contributed by atoms with Crippen molar-refractivity contribution < 1.29 is 9.72 Å². The highest BCUT2D eigenvalue weighted by molar-refractivity contribution is 7.98. The number of non-ortho nitro benzene ring substituents is 1. The fraction of sp³-hybridized carbons (Fsp3) is 0.188. The van der Waals surface area contributed by atoms with E-state index >= 15 is 0 Å². The quantitative estimate of drug-likeness (QED) is 0.459. The molecule has 0 unspecified atom stereocenters. The lowest BCUT2D eigenvalue weighted by Gasteiger charge is -2.19. The van der Waals surface area contributed by atoms with Crippen molar-refractivity contribution in [2.24, 2.45) is 0 Å². The molecule has 23 heavy (non-hydrogen) atoms. The number of hydrogen-bond donors (Lipinski definition) is 0. The van der Waals surface area contributed by atoms with Crippen molar-refractivity contribution in [3.8, 4) is 0 Å². The van der Waals surface area contributed by atoms with Crippen LogP contribution in [0.15, 0.2) is 47.4 Å². The minimum atomic E-state index is -0.481. The maximum Gasteiger partial charge on any atom is 0.269 e. The fourth-order valence-electron chi connectivity index (χ4n) is 2.15. The lowest BCUT2D eigenvalue weighted by molar-refractivity contribution is -0.384. The molecule has 0 aliphatic rings. The van der Waals surface area contributed by atoms with Gasteiger partial charge in [0.25, 0.3) is 11.6 Å². The molecule has 7 heteroatoms. The van der Waals surface area contributed by atoms with Crippen molar-refractivity contribution in [3.05, 3.63) is 68.7 Å². The molecule has 2 aromatic rings. The molecule has 5 nitrogen and oxygen atoms in total. The first-order valence-electron chi connectivity index (χ1n) is 6.75. The molecule has 2 rings (SSSR count). The van der Waals surface area contributed by atoms with Crippen molar-refractivity contribution in [2.75, 3.05) is 13.3 Å². The zero-order valence-electron chi connectivity index (χ0n) is 12.7. The highest BCUT2D eigenvalue weighted by atomic mass is 35.5. The van der Waals surface area contributed by atoms with Crippen molar-refractivity contribution in [1.29, 1.82) is 0 Å². The molecule has 0 bridgehead atoms. The van der Waals surface area contributed by atoms with Gasteiger partial charge in [0.1, 0.15) is 0 Å². The Balaban J connectivity index is 2.25. The van der Waals surface area contributed by atoms with Crippen LogP contribution >= 0.6 is 23.4 Å². The van der Waals surface area contributed by atoms with E-state index in [2.05, 4.69) is 0 Å². The van der Waals surface area contributed by atoms with Crippen LogP contribution in [0.1, 0.15) is 15.9 Å². The first kappa shape index (κ1) is 17.3. The third kappa shape index (κ3) is 4.03. The molecular weight excluding hydrogens is 336 g/mol. The number of amides is 1. The number of hydrogen-bond acceptors (Lipinski definition) is 4. The Kier molecular flexibility index (Phi) is 5.63. The lowest BCUT2D eigenvalue weighted by atomic mass is 10.1. The maximum atomic E-state index is 12.6. The summed E-state index contributed by atoms with van der Waals surface area (Å²) < 4.78 is 0. The number of benzene rings is 2. The highest BCUT2D eigenvalue weighted by Gasteiger charge is 2.18. The SMILES string of the molecule is CSc1ccccc1C(=O)N(C)Cc1cc([N+](=O)[O-])ccc1Cl. The molecule has 0 saturated carbocycles. The van der Waals surface area contributed by atoms with Crippen LogP contribution in [-0.4, -0.2) is 29.0 Å². The zero-order chi connectivity index (χ0) is 17.0. The van der Waals surface area contributed by atoms with Crippen molar-refractivity contribution >= 4 is 35.0 Å². The predicted octanol–water partition coefficient (Wildman–Crippen LogP) is 4.24. The number of halogens is 1. The van der Waals surface area contributed by atoms with E-state index in [0.29, 0.717) is 16.1 Å². The number of thioether (sulfide) groups is 1. The van der Waals surface area contributed by atoms with Gasteiger partial charge in [-0.1, -0.05) is 23.7 Å². The summed E-state index contributed by atoms with van der Waals surface area (Å²) in [6, 6.07) is 11.5. The Morgan fingerprint density at radius 2 is 2.00 bits per heavy atom. The minimum Gasteiger partial charge on any atom is -0.337 e.